The van der Waals surface area contributed by atoms with Crippen molar-refractivity contribution in [3.05, 3.63) is 117 Å². The van der Waals surface area contributed by atoms with E-state index in [0.717, 1.165) is 5.56 Å². The van der Waals surface area contributed by atoms with Crippen molar-refractivity contribution in [3.8, 4) is 0 Å². The second kappa shape index (κ2) is 10.1. The zero-order chi connectivity index (χ0) is 27.0. The third kappa shape index (κ3) is 4.09. The highest BCUT2D eigenvalue weighted by molar-refractivity contribution is 6.31. The third-order valence-electron chi connectivity index (χ3n) is 6.46. The number of esters is 2. The first kappa shape index (κ1) is 25.7. The normalized spacial score (nSPS) is 19.9. The van der Waals surface area contributed by atoms with Crippen LogP contribution in [0.5, 0.6) is 0 Å². The van der Waals surface area contributed by atoms with Gasteiger partial charge in [0.1, 0.15) is 11.3 Å². The number of fused-ring (bicyclic) bond motifs is 3. The number of anilines is 1. The third-order valence-corrected chi connectivity index (χ3v) is 6.97. The molecule has 3 aromatic carbocycles. The van der Waals surface area contributed by atoms with Crippen LogP contribution in [0.2, 0.25) is 10.0 Å². The fourth-order valence-electron chi connectivity index (χ4n) is 4.76. The van der Waals surface area contributed by atoms with Crippen LogP contribution >= 0.6 is 23.2 Å². The molecule has 2 atom stereocenters. The van der Waals surface area contributed by atoms with Gasteiger partial charge in [-0.1, -0.05) is 59.6 Å². The van der Waals surface area contributed by atoms with Crippen molar-refractivity contribution < 1.29 is 28.6 Å². The summed E-state index contributed by atoms with van der Waals surface area (Å²) in [5.41, 5.74) is -0.766. The molecule has 0 saturated carbocycles. The zero-order valence-electron chi connectivity index (χ0n) is 20.3. The van der Waals surface area contributed by atoms with Crippen molar-refractivity contribution in [2.24, 2.45) is 0 Å². The maximum absolute atomic E-state index is 14.5. The molecule has 0 N–H and O–H groups in total. The number of ketones is 1. The maximum atomic E-state index is 14.5. The van der Waals surface area contributed by atoms with E-state index in [0.29, 0.717) is 15.7 Å². The Balaban J connectivity index is 1.90. The lowest BCUT2D eigenvalue weighted by molar-refractivity contribution is -0.145. The topological polar surface area (TPSA) is 82.1 Å². The van der Waals surface area contributed by atoms with E-state index in [1.807, 2.05) is 18.2 Å². The molecule has 2 aliphatic rings. The van der Waals surface area contributed by atoms with Crippen molar-refractivity contribution in [1.29, 1.82) is 0 Å². The van der Waals surface area contributed by atoms with Crippen LogP contribution in [0, 0.1) is 0 Å². The molecule has 0 spiro atoms. The Hall–Kier alpha value is -3.91. The second-order valence-electron chi connectivity index (χ2n) is 8.53. The van der Waals surface area contributed by atoms with E-state index in [-0.39, 0.29) is 22.4 Å². The smallest absolute Gasteiger partial charge is 0.355 e. The molecule has 192 valence electrons. The number of para-hydroxylation sites is 1. The molecule has 2 aliphatic heterocycles. The molecular formula is C29H21Cl2NO6. The monoisotopic (exact) mass is 549 g/mol. The summed E-state index contributed by atoms with van der Waals surface area (Å²) < 4.78 is 16.9. The van der Waals surface area contributed by atoms with Gasteiger partial charge < -0.3 is 19.1 Å². The standard InChI is InChI=1S/C29H21Cl2NO6/c1-36-27(34)24-25(28(35)37-2)32-22-6-4-3-5-17(22)9-16-23(32)38-29(24,19-10-14-21(31)15-11-19)26(33)18-7-12-20(30)13-8-18/h3-16,23H,1-2H3/t23-,29-/m1/s1. The highest BCUT2D eigenvalue weighted by atomic mass is 35.5. The number of rotatable bonds is 5. The number of ether oxygens (including phenoxy) is 3. The van der Waals surface area contributed by atoms with Crippen LogP contribution in [0.15, 0.2) is 90.1 Å². The van der Waals surface area contributed by atoms with Crippen LogP contribution < -0.4 is 4.90 Å². The Morgan fingerprint density at radius 1 is 0.842 bits per heavy atom. The quantitative estimate of drug-likeness (QED) is 0.304. The second-order valence-corrected chi connectivity index (χ2v) is 9.40. The number of Topliss-reactive ketones (excluding diaryl/α,β-unsaturated/α-hetero) is 1. The maximum Gasteiger partial charge on any atom is 0.355 e. The van der Waals surface area contributed by atoms with Crippen molar-refractivity contribution in [1.82, 2.24) is 0 Å². The molecule has 0 saturated heterocycles. The van der Waals surface area contributed by atoms with E-state index in [1.54, 1.807) is 54.6 Å². The fraction of sp³-hybridized carbons (Fsp3) is 0.138. The van der Waals surface area contributed by atoms with Gasteiger partial charge in [0.25, 0.3) is 0 Å². The average Bonchev–Trinajstić information content (AvgIpc) is 2.95. The van der Waals surface area contributed by atoms with Crippen molar-refractivity contribution in [3.63, 3.8) is 0 Å². The lowest BCUT2D eigenvalue weighted by atomic mass is 9.76. The largest absolute Gasteiger partial charge is 0.465 e. The molecule has 38 heavy (non-hydrogen) atoms. The van der Waals surface area contributed by atoms with Crippen LogP contribution in [0.1, 0.15) is 21.5 Å². The van der Waals surface area contributed by atoms with E-state index >= 15 is 0 Å². The minimum Gasteiger partial charge on any atom is -0.465 e. The van der Waals surface area contributed by atoms with Crippen LogP contribution in [-0.4, -0.2) is 38.2 Å². The Kier molecular flexibility index (Phi) is 6.84. The van der Waals surface area contributed by atoms with E-state index in [4.69, 9.17) is 37.4 Å². The predicted molar refractivity (Wildman–Crippen MR) is 143 cm³/mol. The first-order valence-electron chi connectivity index (χ1n) is 11.5. The number of halogens is 2. The summed E-state index contributed by atoms with van der Waals surface area (Å²) in [7, 11) is 2.37. The fourth-order valence-corrected chi connectivity index (χ4v) is 5.02. The van der Waals surface area contributed by atoms with Gasteiger partial charge in [0.05, 0.1) is 19.9 Å². The van der Waals surface area contributed by atoms with Gasteiger partial charge in [0, 0.05) is 15.6 Å². The van der Waals surface area contributed by atoms with Gasteiger partial charge in [0.15, 0.2) is 11.8 Å². The molecule has 0 fully saturated rings. The van der Waals surface area contributed by atoms with E-state index in [1.165, 1.54) is 31.3 Å². The van der Waals surface area contributed by atoms with Crippen LogP contribution in [0.25, 0.3) is 6.08 Å². The summed E-state index contributed by atoms with van der Waals surface area (Å²) in [6.07, 6.45) is 2.58. The molecule has 7 nitrogen and oxygen atoms in total. The highest BCUT2D eigenvalue weighted by Crippen LogP contribution is 2.49. The minimum atomic E-state index is -2.10. The minimum absolute atomic E-state index is 0.176. The number of benzene rings is 3. The summed E-state index contributed by atoms with van der Waals surface area (Å²) in [6, 6.07) is 19.7. The van der Waals surface area contributed by atoms with Gasteiger partial charge in [-0.05, 0) is 59.7 Å². The number of carbonyl (C=O) groups is 3. The zero-order valence-corrected chi connectivity index (χ0v) is 21.8. The summed E-state index contributed by atoms with van der Waals surface area (Å²) in [4.78, 5) is 43.1. The lowest BCUT2D eigenvalue weighted by Gasteiger charge is -2.48. The SMILES string of the molecule is COC(=O)C1=C(C(=O)OC)[C@@](C(=O)c2ccc(Cl)cc2)(c2ccc(Cl)cc2)O[C@@H]2C=Cc3ccccc3N12. The van der Waals surface area contributed by atoms with Gasteiger partial charge in [-0.2, -0.15) is 0 Å². The molecule has 0 radical (unpaired) electrons. The molecule has 9 heteroatoms. The highest BCUT2D eigenvalue weighted by Gasteiger charge is 2.58. The predicted octanol–water partition coefficient (Wildman–Crippen LogP) is 5.56. The van der Waals surface area contributed by atoms with E-state index < -0.39 is 29.6 Å². The lowest BCUT2D eigenvalue weighted by Crippen LogP contribution is -2.57. The van der Waals surface area contributed by atoms with Gasteiger partial charge in [-0.15, -0.1) is 0 Å². The van der Waals surface area contributed by atoms with Crippen LogP contribution in [-0.2, 0) is 29.4 Å². The Morgan fingerprint density at radius 2 is 1.45 bits per heavy atom. The molecule has 0 bridgehead atoms. The van der Waals surface area contributed by atoms with Crippen molar-refractivity contribution in [2.45, 2.75) is 11.8 Å². The number of hydrogen-bond donors (Lipinski definition) is 0. The average molecular weight is 550 g/mol. The molecular weight excluding hydrogens is 529 g/mol. The molecule has 0 amide bonds. The van der Waals surface area contributed by atoms with E-state index in [9.17, 15) is 14.4 Å². The van der Waals surface area contributed by atoms with Gasteiger partial charge in [-0.25, -0.2) is 9.59 Å². The van der Waals surface area contributed by atoms with Gasteiger partial charge in [0.2, 0.25) is 5.78 Å². The van der Waals surface area contributed by atoms with Crippen molar-refractivity contribution >= 4 is 52.7 Å². The number of methoxy groups -OCH3 is 2. The van der Waals surface area contributed by atoms with Crippen LogP contribution in [0.3, 0.4) is 0 Å². The Bertz CT molecular complexity index is 1500. The molecule has 0 unspecified atom stereocenters. The summed E-state index contributed by atoms with van der Waals surface area (Å²) in [6.45, 7) is 0. The summed E-state index contributed by atoms with van der Waals surface area (Å²) >= 11 is 12.2. The number of nitrogens with zero attached hydrogens (tertiary/aromatic N) is 1. The van der Waals surface area contributed by atoms with Crippen molar-refractivity contribution in [2.75, 3.05) is 19.1 Å². The molecule has 3 aromatic rings. The summed E-state index contributed by atoms with van der Waals surface area (Å²) in [5.74, 6) is -2.38. The van der Waals surface area contributed by atoms with Gasteiger partial charge >= 0.3 is 11.9 Å². The molecule has 2 heterocycles. The van der Waals surface area contributed by atoms with Crippen LogP contribution in [0.4, 0.5) is 5.69 Å². The molecule has 0 aliphatic carbocycles. The summed E-state index contributed by atoms with van der Waals surface area (Å²) in [5, 5.41) is 0.826. The Labute approximate surface area is 228 Å². The van der Waals surface area contributed by atoms with Gasteiger partial charge in [-0.3, -0.25) is 4.79 Å². The Morgan fingerprint density at radius 3 is 2.08 bits per heavy atom. The van der Waals surface area contributed by atoms with E-state index in [2.05, 4.69) is 0 Å². The number of hydrogen-bond acceptors (Lipinski definition) is 7. The first-order chi connectivity index (χ1) is 18.3. The molecule has 0 aromatic heterocycles. The first-order valence-corrected chi connectivity index (χ1v) is 12.3. The molecule has 5 rings (SSSR count). The number of carbonyl (C=O) groups excluding carboxylic acids is 3.